The third-order valence-electron chi connectivity index (χ3n) is 4.65. The molecule has 1 aliphatic heterocycles. The van der Waals surface area contributed by atoms with Gasteiger partial charge < -0.3 is 10.0 Å². The highest BCUT2D eigenvalue weighted by Crippen LogP contribution is 2.28. The number of amides is 1. The highest BCUT2D eigenvalue weighted by molar-refractivity contribution is 9.10. The number of nitrogens with zero attached hydrogens (tertiary/aromatic N) is 2. The van der Waals surface area contributed by atoms with E-state index in [-0.39, 0.29) is 18.3 Å². The molecule has 138 valence electrons. The van der Waals surface area contributed by atoms with Gasteiger partial charge in [-0.3, -0.25) is 9.69 Å². The van der Waals surface area contributed by atoms with Crippen molar-refractivity contribution >= 4 is 27.5 Å². The molecule has 2 aromatic rings. The van der Waals surface area contributed by atoms with Gasteiger partial charge in [0.25, 0.3) is 0 Å². The average Bonchev–Trinajstić information content (AvgIpc) is 3.07. The van der Waals surface area contributed by atoms with E-state index in [1.54, 1.807) is 12.1 Å². The summed E-state index contributed by atoms with van der Waals surface area (Å²) in [5, 5.41) is 9.31. The maximum atomic E-state index is 14.0. The molecular weight excluding hydrogens is 399 g/mol. The Morgan fingerprint density at radius 1 is 1.23 bits per heavy atom. The van der Waals surface area contributed by atoms with Crippen molar-refractivity contribution in [2.45, 2.75) is 19.4 Å². The van der Waals surface area contributed by atoms with Crippen molar-refractivity contribution in [3.05, 3.63) is 63.9 Å². The Morgan fingerprint density at radius 3 is 2.85 bits per heavy atom. The summed E-state index contributed by atoms with van der Waals surface area (Å²) in [6.45, 7) is 1.91. The van der Waals surface area contributed by atoms with Crippen molar-refractivity contribution in [1.82, 2.24) is 4.90 Å². The van der Waals surface area contributed by atoms with Crippen LogP contribution in [-0.4, -0.2) is 42.2 Å². The van der Waals surface area contributed by atoms with Crippen molar-refractivity contribution in [3.63, 3.8) is 0 Å². The Balaban J connectivity index is 1.62. The van der Waals surface area contributed by atoms with E-state index in [4.69, 9.17) is 0 Å². The summed E-state index contributed by atoms with van der Waals surface area (Å²) < 4.78 is 14.8. The highest BCUT2D eigenvalue weighted by atomic mass is 79.9. The molecule has 3 rings (SSSR count). The molecule has 4 nitrogen and oxygen atoms in total. The van der Waals surface area contributed by atoms with Gasteiger partial charge in [-0.25, -0.2) is 4.39 Å². The first kappa shape index (κ1) is 19.0. The summed E-state index contributed by atoms with van der Waals surface area (Å²) in [6.07, 6.45) is 1.22. The van der Waals surface area contributed by atoms with Crippen LogP contribution in [0, 0.1) is 5.82 Å². The molecule has 6 heteroatoms. The zero-order valence-corrected chi connectivity index (χ0v) is 16.1. The number of carbonyl (C=O) groups excluding carboxylic acids is 1. The highest BCUT2D eigenvalue weighted by Gasteiger charge is 2.24. The van der Waals surface area contributed by atoms with Crippen LogP contribution in [0.25, 0.3) is 0 Å². The quantitative estimate of drug-likeness (QED) is 0.746. The van der Waals surface area contributed by atoms with Gasteiger partial charge in [-0.2, -0.15) is 0 Å². The molecule has 0 saturated heterocycles. The number of fused-ring (bicyclic) bond motifs is 1. The molecule has 1 aliphatic rings. The molecule has 0 aliphatic carbocycles. The summed E-state index contributed by atoms with van der Waals surface area (Å²) in [7, 11) is 0. The van der Waals surface area contributed by atoms with Crippen molar-refractivity contribution in [3.8, 4) is 0 Å². The molecule has 0 saturated carbocycles. The molecule has 0 bridgehead atoms. The van der Waals surface area contributed by atoms with E-state index in [0.29, 0.717) is 38.2 Å². The summed E-state index contributed by atoms with van der Waals surface area (Å²) in [5.41, 5.74) is 2.74. The monoisotopic (exact) mass is 420 g/mol. The molecule has 0 radical (unpaired) electrons. The topological polar surface area (TPSA) is 43.8 Å². The zero-order chi connectivity index (χ0) is 18.5. The first-order valence-electron chi connectivity index (χ1n) is 8.74. The molecule has 0 aromatic heterocycles. The predicted molar refractivity (Wildman–Crippen MR) is 104 cm³/mol. The minimum atomic E-state index is -0.282. The first-order valence-corrected chi connectivity index (χ1v) is 9.53. The van der Waals surface area contributed by atoms with Crippen molar-refractivity contribution < 1.29 is 14.3 Å². The van der Waals surface area contributed by atoms with Gasteiger partial charge >= 0.3 is 0 Å². The molecule has 2 aromatic carbocycles. The van der Waals surface area contributed by atoms with Crippen LogP contribution in [0.2, 0.25) is 0 Å². The van der Waals surface area contributed by atoms with Crippen LogP contribution in [0.3, 0.4) is 0 Å². The molecule has 0 spiro atoms. The molecule has 1 amide bonds. The molecule has 1 N–H and O–H groups in total. The minimum absolute atomic E-state index is 0.0314. The fraction of sp³-hybridized carbons (Fsp3) is 0.350. The molecule has 0 fully saturated rings. The van der Waals surface area contributed by atoms with E-state index in [1.165, 1.54) is 11.6 Å². The van der Waals surface area contributed by atoms with E-state index in [1.807, 2.05) is 28.0 Å². The maximum Gasteiger partial charge on any atom is 0.228 e. The lowest BCUT2D eigenvalue weighted by atomic mass is 10.2. The van der Waals surface area contributed by atoms with Gasteiger partial charge in [0.1, 0.15) is 5.82 Å². The normalized spacial score (nSPS) is 13.3. The van der Waals surface area contributed by atoms with Gasteiger partial charge in [-0.1, -0.05) is 34.1 Å². The fourth-order valence-corrected chi connectivity index (χ4v) is 3.71. The number of aliphatic hydroxyl groups is 1. The smallest absolute Gasteiger partial charge is 0.228 e. The second-order valence-corrected chi connectivity index (χ2v) is 7.33. The third-order valence-corrected chi connectivity index (χ3v) is 5.14. The van der Waals surface area contributed by atoms with Gasteiger partial charge in [0.05, 0.1) is 6.61 Å². The largest absolute Gasteiger partial charge is 0.395 e. The number of halogens is 2. The number of para-hydroxylation sites is 1. The predicted octanol–water partition coefficient (Wildman–Crippen LogP) is 3.36. The average molecular weight is 421 g/mol. The van der Waals surface area contributed by atoms with Crippen molar-refractivity contribution in [2.75, 3.05) is 31.1 Å². The lowest BCUT2D eigenvalue weighted by molar-refractivity contribution is -0.118. The van der Waals surface area contributed by atoms with Gasteiger partial charge in [-0.05, 0) is 36.2 Å². The summed E-state index contributed by atoms with van der Waals surface area (Å²) >= 11 is 3.35. The number of hydrogen-bond donors (Lipinski definition) is 1. The van der Waals surface area contributed by atoms with E-state index in [0.717, 1.165) is 16.6 Å². The van der Waals surface area contributed by atoms with Gasteiger partial charge in [-0.15, -0.1) is 0 Å². The van der Waals surface area contributed by atoms with Crippen LogP contribution >= 0.6 is 15.9 Å². The second kappa shape index (κ2) is 8.75. The SMILES string of the molecule is O=C(CCN(CCO)Cc1cc(Br)ccc1F)N1CCc2ccccc21. The minimum Gasteiger partial charge on any atom is -0.395 e. The number of aliphatic hydroxyl groups excluding tert-OH is 1. The van der Waals surface area contributed by atoms with Gasteiger partial charge in [0.2, 0.25) is 5.91 Å². The van der Waals surface area contributed by atoms with Gasteiger partial charge in [0, 0.05) is 48.3 Å². The Bertz CT molecular complexity index is 784. The third kappa shape index (κ3) is 4.50. The Hall–Kier alpha value is -1.76. The molecular formula is C20H22BrFN2O2. The van der Waals surface area contributed by atoms with E-state index in [2.05, 4.69) is 22.0 Å². The van der Waals surface area contributed by atoms with Crippen LogP contribution < -0.4 is 4.90 Å². The lowest BCUT2D eigenvalue weighted by Gasteiger charge is -2.23. The first-order chi connectivity index (χ1) is 12.6. The summed E-state index contributed by atoms with van der Waals surface area (Å²) in [5.74, 6) is -0.219. The number of anilines is 1. The Labute approximate surface area is 161 Å². The summed E-state index contributed by atoms with van der Waals surface area (Å²) in [4.78, 5) is 16.4. The van der Waals surface area contributed by atoms with Gasteiger partial charge in [0.15, 0.2) is 0 Å². The zero-order valence-electron chi connectivity index (χ0n) is 14.5. The standard InChI is InChI=1S/C20H22BrFN2O2/c21-17-5-6-18(22)16(13-17)14-23(11-12-25)9-8-20(26)24-10-7-15-3-1-2-4-19(15)24/h1-6,13,25H,7-12,14H2. The number of benzene rings is 2. The van der Waals surface area contributed by atoms with Crippen LogP contribution in [0.5, 0.6) is 0 Å². The molecule has 26 heavy (non-hydrogen) atoms. The lowest BCUT2D eigenvalue weighted by Crippen LogP contribution is -2.34. The number of carbonyl (C=O) groups is 1. The number of rotatable bonds is 7. The Morgan fingerprint density at radius 2 is 2.04 bits per heavy atom. The molecule has 0 unspecified atom stereocenters. The fourth-order valence-electron chi connectivity index (χ4n) is 3.30. The van der Waals surface area contributed by atoms with Crippen LogP contribution in [0.15, 0.2) is 46.9 Å². The van der Waals surface area contributed by atoms with Crippen LogP contribution in [-0.2, 0) is 17.8 Å². The second-order valence-electron chi connectivity index (χ2n) is 6.41. The number of hydrogen-bond acceptors (Lipinski definition) is 3. The van der Waals surface area contributed by atoms with E-state index >= 15 is 0 Å². The van der Waals surface area contributed by atoms with E-state index in [9.17, 15) is 14.3 Å². The molecule has 1 heterocycles. The van der Waals surface area contributed by atoms with Crippen LogP contribution in [0.1, 0.15) is 17.5 Å². The van der Waals surface area contributed by atoms with Crippen LogP contribution in [0.4, 0.5) is 10.1 Å². The molecule has 0 atom stereocenters. The summed E-state index contributed by atoms with van der Waals surface area (Å²) in [6, 6.07) is 12.8. The van der Waals surface area contributed by atoms with Crippen molar-refractivity contribution in [2.24, 2.45) is 0 Å². The maximum absolute atomic E-state index is 14.0. The Kier molecular flexibility index (Phi) is 6.40. The van der Waals surface area contributed by atoms with E-state index < -0.39 is 0 Å². The van der Waals surface area contributed by atoms with Crippen molar-refractivity contribution in [1.29, 1.82) is 0 Å².